The summed E-state index contributed by atoms with van der Waals surface area (Å²) in [4.78, 5) is 0. The standard InChI is InChI=1S/C14H20N2/c1-6-12-11-8-7-10(14(2,3)4)9-13(11)16(5)15-12/h7-9H,6H2,1-5H3. The van der Waals surface area contributed by atoms with Crippen LogP contribution in [0.5, 0.6) is 0 Å². The molecule has 86 valence electrons. The van der Waals surface area contributed by atoms with E-state index < -0.39 is 0 Å². The van der Waals surface area contributed by atoms with E-state index in [9.17, 15) is 0 Å². The van der Waals surface area contributed by atoms with E-state index in [0.29, 0.717) is 0 Å². The van der Waals surface area contributed by atoms with Gasteiger partial charge >= 0.3 is 0 Å². The van der Waals surface area contributed by atoms with Crippen LogP contribution in [0.2, 0.25) is 0 Å². The first kappa shape index (κ1) is 11.2. The molecule has 1 aromatic carbocycles. The highest BCUT2D eigenvalue weighted by atomic mass is 15.3. The Hall–Kier alpha value is -1.31. The van der Waals surface area contributed by atoms with Crippen LogP contribution in [0.4, 0.5) is 0 Å². The van der Waals surface area contributed by atoms with Crippen molar-refractivity contribution in [1.29, 1.82) is 0 Å². The first-order valence-electron chi connectivity index (χ1n) is 5.89. The molecule has 1 heterocycles. The van der Waals surface area contributed by atoms with Crippen molar-refractivity contribution in [3.8, 4) is 0 Å². The topological polar surface area (TPSA) is 17.8 Å². The molecule has 1 aromatic heterocycles. The number of aromatic nitrogens is 2. The number of benzene rings is 1. The third-order valence-corrected chi connectivity index (χ3v) is 3.13. The summed E-state index contributed by atoms with van der Waals surface area (Å²) in [6.07, 6.45) is 0.992. The van der Waals surface area contributed by atoms with Crippen molar-refractivity contribution in [3.05, 3.63) is 29.5 Å². The Balaban J connectivity index is 2.67. The Bertz CT molecular complexity index is 515. The Morgan fingerprint density at radius 3 is 2.50 bits per heavy atom. The second-order valence-electron chi connectivity index (χ2n) is 5.41. The molecule has 0 aliphatic carbocycles. The highest BCUT2D eigenvalue weighted by molar-refractivity contribution is 5.82. The van der Waals surface area contributed by atoms with Gasteiger partial charge in [-0.05, 0) is 23.5 Å². The van der Waals surface area contributed by atoms with Crippen LogP contribution in [0.1, 0.15) is 39.0 Å². The molecule has 0 aliphatic rings. The fourth-order valence-electron chi connectivity index (χ4n) is 2.06. The van der Waals surface area contributed by atoms with Crippen LogP contribution in [-0.4, -0.2) is 9.78 Å². The van der Waals surface area contributed by atoms with Crippen molar-refractivity contribution < 1.29 is 0 Å². The fourth-order valence-corrected chi connectivity index (χ4v) is 2.06. The smallest absolute Gasteiger partial charge is 0.0700 e. The van der Waals surface area contributed by atoms with Gasteiger partial charge < -0.3 is 0 Å². The maximum atomic E-state index is 4.55. The lowest BCUT2D eigenvalue weighted by Crippen LogP contribution is -2.10. The average Bonchev–Trinajstić information content (AvgIpc) is 2.54. The van der Waals surface area contributed by atoms with E-state index in [0.717, 1.165) is 6.42 Å². The summed E-state index contributed by atoms with van der Waals surface area (Å²) in [5.74, 6) is 0. The molecule has 2 aromatic rings. The predicted octanol–water partition coefficient (Wildman–Crippen LogP) is 3.43. The summed E-state index contributed by atoms with van der Waals surface area (Å²) in [5.41, 5.74) is 4.00. The monoisotopic (exact) mass is 216 g/mol. The van der Waals surface area contributed by atoms with Gasteiger partial charge in [0.05, 0.1) is 11.2 Å². The van der Waals surface area contributed by atoms with E-state index in [1.807, 2.05) is 11.7 Å². The minimum absolute atomic E-state index is 0.199. The van der Waals surface area contributed by atoms with Crippen LogP contribution >= 0.6 is 0 Å². The van der Waals surface area contributed by atoms with Gasteiger partial charge in [0, 0.05) is 12.4 Å². The molecule has 0 saturated carbocycles. The number of rotatable bonds is 1. The molecule has 2 rings (SSSR count). The van der Waals surface area contributed by atoms with Gasteiger partial charge in [0.1, 0.15) is 0 Å². The molecule has 0 N–H and O–H groups in total. The van der Waals surface area contributed by atoms with Gasteiger partial charge in [-0.2, -0.15) is 5.10 Å². The quantitative estimate of drug-likeness (QED) is 0.714. The number of aryl methyl sites for hydroxylation is 2. The largest absolute Gasteiger partial charge is 0.268 e. The normalized spacial score (nSPS) is 12.3. The van der Waals surface area contributed by atoms with E-state index >= 15 is 0 Å². The van der Waals surface area contributed by atoms with Crippen LogP contribution in [0, 0.1) is 0 Å². The molecule has 2 heteroatoms. The summed E-state index contributed by atoms with van der Waals surface area (Å²) < 4.78 is 1.99. The Kier molecular flexibility index (Phi) is 2.53. The molecule has 0 bridgehead atoms. The lowest BCUT2D eigenvalue weighted by Gasteiger charge is -2.19. The highest BCUT2D eigenvalue weighted by Gasteiger charge is 2.15. The third-order valence-electron chi connectivity index (χ3n) is 3.13. The van der Waals surface area contributed by atoms with Gasteiger partial charge in [-0.25, -0.2) is 0 Å². The van der Waals surface area contributed by atoms with Gasteiger partial charge in [0.2, 0.25) is 0 Å². The first-order chi connectivity index (χ1) is 7.43. The molecular weight excluding hydrogens is 196 g/mol. The average molecular weight is 216 g/mol. The van der Waals surface area contributed by atoms with Crippen LogP contribution in [0.15, 0.2) is 18.2 Å². The van der Waals surface area contributed by atoms with Crippen LogP contribution in [-0.2, 0) is 18.9 Å². The van der Waals surface area contributed by atoms with Crippen LogP contribution in [0.25, 0.3) is 10.9 Å². The van der Waals surface area contributed by atoms with Gasteiger partial charge in [-0.15, -0.1) is 0 Å². The lowest BCUT2D eigenvalue weighted by atomic mass is 9.86. The van der Waals surface area contributed by atoms with E-state index in [4.69, 9.17) is 0 Å². The maximum absolute atomic E-state index is 4.55. The molecule has 0 fully saturated rings. The first-order valence-corrected chi connectivity index (χ1v) is 5.89. The molecule has 16 heavy (non-hydrogen) atoms. The molecule has 0 spiro atoms. The molecule has 2 nitrogen and oxygen atoms in total. The zero-order valence-corrected chi connectivity index (χ0v) is 10.8. The van der Waals surface area contributed by atoms with Gasteiger partial charge in [0.15, 0.2) is 0 Å². The zero-order chi connectivity index (χ0) is 11.9. The number of hydrogen-bond donors (Lipinski definition) is 0. The summed E-state index contributed by atoms with van der Waals surface area (Å²) in [6, 6.07) is 6.70. The van der Waals surface area contributed by atoms with E-state index in [1.165, 1.54) is 22.2 Å². The Labute approximate surface area is 97.3 Å². The highest BCUT2D eigenvalue weighted by Crippen LogP contribution is 2.27. The van der Waals surface area contributed by atoms with Crippen molar-refractivity contribution in [2.45, 2.75) is 39.5 Å². The summed E-state index contributed by atoms with van der Waals surface area (Å²) in [5, 5.41) is 5.84. The Morgan fingerprint density at radius 2 is 1.94 bits per heavy atom. The van der Waals surface area contributed by atoms with Crippen molar-refractivity contribution >= 4 is 10.9 Å². The summed E-state index contributed by atoms with van der Waals surface area (Å²) in [6.45, 7) is 8.88. The van der Waals surface area contributed by atoms with Crippen molar-refractivity contribution in [2.24, 2.45) is 7.05 Å². The van der Waals surface area contributed by atoms with E-state index in [2.05, 4.69) is 51.0 Å². The minimum Gasteiger partial charge on any atom is -0.268 e. The SMILES string of the molecule is CCc1nn(C)c2cc(C(C)(C)C)ccc12. The van der Waals surface area contributed by atoms with E-state index in [1.54, 1.807) is 0 Å². The molecule has 0 unspecified atom stereocenters. The summed E-state index contributed by atoms with van der Waals surface area (Å²) >= 11 is 0. The van der Waals surface area contributed by atoms with Gasteiger partial charge in [0.25, 0.3) is 0 Å². The fraction of sp³-hybridized carbons (Fsp3) is 0.500. The van der Waals surface area contributed by atoms with Gasteiger partial charge in [-0.3, -0.25) is 4.68 Å². The number of fused-ring (bicyclic) bond motifs is 1. The molecule has 0 amide bonds. The maximum Gasteiger partial charge on any atom is 0.0700 e. The van der Waals surface area contributed by atoms with Crippen LogP contribution < -0.4 is 0 Å². The third kappa shape index (κ3) is 1.73. The summed E-state index contributed by atoms with van der Waals surface area (Å²) in [7, 11) is 2.02. The molecule has 0 atom stereocenters. The van der Waals surface area contributed by atoms with Crippen molar-refractivity contribution in [1.82, 2.24) is 9.78 Å². The Morgan fingerprint density at radius 1 is 1.25 bits per heavy atom. The molecule has 0 saturated heterocycles. The second kappa shape index (κ2) is 3.62. The van der Waals surface area contributed by atoms with Crippen LogP contribution in [0.3, 0.4) is 0 Å². The lowest BCUT2D eigenvalue weighted by molar-refractivity contribution is 0.590. The predicted molar refractivity (Wildman–Crippen MR) is 68.8 cm³/mol. The molecular formula is C14H20N2. The number of hydrogen-bond acceptors (Lipinski definition) is 1. The van der Waals surface area contributed by atoms with Gasteiger partial charge in [-0.1, -0.05) is 39.8 Å². The zero-order valence-electron chi connectivity index (χ0n) is 10.8. The van der Waals surface area contributed by atoms with E-state index in [-0.39, 0.29) is 5.41 Å². The van der Waals surface area contributed by atoms with Crippen molar-refractivity contribution in [2.75, 3.05) is 0 Å². The minimum atomic E-state index is 0.199. The number of nitrogens with zero attached hydrogens (tertiary/aromatic N) is 2. The second-order valence-corrected chi connectivity index (χ2v) is 5.41. The molecule has 0 radical (unpaired) electrons. The molecule has 0 aliphatic heterocycles. The van der Waals surface area contributed by atoms with Crippen molar-refractivity contribution in [3.63, 3.8) is 0 Å².